The highest BCUT2D eigenvalue weighted by atomic mass is 16.6. The third-order valence-electron chi connectivity index (χ3n) is 6.05. The van der Waals surface area contributed by atoms with E-state index in [1.807, 2.05) is 67.6 Å². The van der Waals surface area contributed by atoms with Crippen molar-refractivity contribution in [3.8, 4) is 23.1 Å². The van der Waals surface area contributed by atoms with Gasteiger partial charge in [-0.15, -0.1) is 0 Å². The van der Waals surface area contributed by atoms with Crippen LogP contribution in [0.4, 0.5) is 10.5 Å². The number of nitrogens with zero attached hydrogens (tertiary/aromatic N) is 1. The van der Waals surface area contributed by atoms with Crippen LogP contribution in [0.15, 0.2) is 72.8 Å². The van der Waals surface area contributed by atoms with Crippen LogP contribution in [0, 0.1) is 11.3 Å². The molecule has 0 bridgehead atoms. The Morgan fingerprint density at radius 3 is 2.66 bits per heavy atom. The van der Waals surface area contributed by atoms with Crippen molar-refractivity contribution < 1.29 is 19.0 Å². The normalized spacial score (nSPS) is 15.9. The van der Waals surface area contributed by atoms with E-state index < -0.39 is 6.09 Å². The predicted octanol–water partition coefficient (Wildman–Crippen LogP) is 6.18. The zero-order chi connectivity index (χ0) is 24.2. The fourth-order valence-corrected chi connectivity index (χ4v) is 4.20. The van der Waals surface area contributed by atoms with E-state index in [0.717, 1.165) is 39.9 Å². The number of benzene rings is 3. The zero-order valence-electron chi connectivity index (χ0n) is 19.3. The molecule has 7 nitrogen and oxygen atoms in total. The fraction of sp³-hybridized carbons (Fsp3) is 0.214. The van der Waals surface area contributed by atoms with Gasteiger partial charge in [0.15, 0.2) is 0 Å². The minimum atomic E-state index is -0.530. The molecule has 1 aromatic heterocycles. The molecule has 0 radical (unpaired) electrons. The molecule has 2 unspecified atom stereocenters. The molecule has 7 heteroatoms. The standard InChI is InChI=1S/C28H25N3O4/c1-18(19-5-3-2-4-6-19)34-28(32)30-21-9-7-20(8-10-21)27-25(16-29)24-12-11-22(15-26(24)31-27)35-23-13-14-33-17-23/h2-12,15,18,23,31H,13-14,17H2,1H3,(H,30,32). The van der Waals surface area contributed by atoms with Gasteiger partial charge in [0.2, 0.25) is 0 Å². The van der Waals surface area contributed by atoms with Gasteiger partial charge < -0.3 is 19.2 Å². The molecular weight excluding hydrogens is 442 g/mol. The molecule has 176 valence electrons. The Labute approximate surface area is 203 Å². The highest BCUT2D eigenvalue weighted by Gasteiger charge is 2.19. The Morgan fingerprint density at radius 1 is 1.14 bits per heavy atom. The number of aromatic nitrogens is 1. The number of ether oxygens (including phenoxy) is 3. The largest absolute Gasteiger partial charge is 0.488 e. The number of hydrogen-bond donors (Lipinski definition) is 2. The Morgan fingerprint density at radius 2 is 1.94 bits per heavy atom. The number of carbonyl (C=O) groups excluding carboxylic acids is 1. The third-order valence-corrected chi connectivity index (χ3v) is 6.05. The van der Waals surface area contributed by atoms with Crippen LogP contribution in [-0.4, -0.2) is 30.4 Å². The Kier molecular flexibility index (Phi) is 6.38. The van der Waals surface area contributed by atoms with Crippen molar-refractivity contribution >= 4 is 22.7 Å². The van der Waals surface area contributed by atoms with Crippen molar-refractivity contribution in [1.82, 2.24) is 4.98 Å². The van der Waals surface area contributed by atoms with Gasteiger partial charge in [-0.3, -0.25) is 5.32 Å². The number of fused-ring (bicyclic) bond motifs is 1. The van der Waals surface area contributed by atoms with E-state index >= 15 is 0 Å². The van der Waals surface area contributed by atoms with Gasteiger partial charge in [0.1, 0.15) is 24.0 Å². The SMILES string of the molecule is CC(OC(=O)Nc1ccc(-c2[nH]c3cc(OC4CCOC4)ccc3c2C#N)cc1)c1ccccc1. The smallest absolute Gasteiger partial charge is 0.412 e. The Hall–Kier alpha value is -4.28. The van der Waals surface area contributed by atoms with E-state index in [1.165, 1.54) is 0 Å². The molecule has 35 heavy (non-hydrogen) atoms. The Balaban J connectivity index is 1.30. The predicted molar refractivity (Wildman–Crippen MR) is 133 cm³/mol. The second kappa shape index (κ2) is 9.92. The molecule has 0 saturated carbocycles. The minimum Gasteiger partial charge on any atom is -0.488 e. The summed E-state index contributed by atoms with van der Waals surface area (Å²) in [7, 11) is 0. The molecule has 0 spiro atoms. The summed E-state index contributed by atoms with van der Waals surface area (Å²) >= 11 is 0. The Bertz CT molecular complexity index is 1370. The molecule has 3 aromatic carbocycles. The van der Waals surface area contributed by atoms with Crippen molar-refractivity contribution in [2.24, 2.45) is 0 Å². The van der Waals surface area contributed by atoms with Crippen LogP contribution in [0.5, 0.6) is 5.75 Å². The van der Waals surface area contributed by atoms with E-state index in [9.17, 15) is 10.1 Å². The van der Waals surface area contributed by atoms with Gasteiger partial charge in [0.25, 0.3) is 0 Å². The number of H-pyrrole nitrogens is 1. The van der Waals surface area contributed by atoms with Gasteiger partial charge in [-0.05, 0) is 42.3 Å². The first kappa shape index (κ1) is 22.5. The van der Waals surface area contributed by atoms with Crippen LogP contribution in [-0.2, 0) is 9.47 Å². The average molecular weight is 468 g/mol. The number of carbonyl (C=O) groups is 1. The molecule has 5 rings (SSSR count). The van der Waals surface area contributed by atoms with Gasteiger partial charge in [-0.1, -0.05) is 42.5 Å². The van der Waals surface area contributed by atoms with Crippen LogP contribution in [0.1, 0.15) is 30.6 Å². The summed E-state index contributed by atoms with van der Waals surface area (Å²) in [6, 6.07) is 24.8. The van der Waals surface area contributed by atoms with Gasteiger partial charge in [0.05, 0.1) is 30.0 Å². The first-order valence-corrected chi connectivity index (χ1v) is 11.5. The van der Waals surface area contributed by atoms with Crippen molar-refractivity contribution in [1.29, 1.82) is 5.26 Å². The van der Waals surface area contributed by atoms with Crippen molar-refractivity contribution in [2.75, 3.05) is 18.5 Å². The van der Waals surface area contributed by atoms with Crippen LogP contribution < -0.4 is 10.1 Å². The van der Waals surface area contributed by atoms with Gasteiger partial charge >= 0.3 is 6.09 Å². The second-order valence-electron chi connectivity index (χ2n) is 8.46. The van der Waals surface area contributed by atoms with E-state index in [-0.39, 0.29) is 12.2 Å². The summed E-state index contributed by atoms with van der Waals surface area (Å²) < 4.78 is 16.8. The number of aromatic amines is 1. The summed E-state index contributed by atoms with van der Waals surface area (Å²) in [6.07, 6.45) is 0.0312. The van der Waals surface area contributed by atoms with E-state index in [1.54, 1.807) is 12.1 Å². The molecular formula is C28H25N3O4. The number of nitriles is 1. The number of anilines is 1. The zero-order valence-corrected chi connectivity index (χ0v) is 19.3. The molecule has 0 aliphatic carbocycles. The first-order valence-electron chi connectivity index (χ1n) is 11.5. The molecule has 1 saturated heterocycles. The third kappa shape index (κ3) is 4.98. The summed E-state index contributed by atoms with van der Waals surface area (Å²) in [5.41, 5.74) is 4.46. The number of rotatable bonds is 6. The lowest BCUT2D eigenvalue weighted by Gasteiger charge is -2.14. The topological polar surface area (TPSA) is 96.4 Å². The van der Waals surface area contributed by atoms with Gasteiger partial charge in [-0.2, -0.15) is 5.26 Å². The molecule has 2 N–H and O–H groups in total. The number of amides is 1. The maximum Gasteiger partial charge on any atom is 0.412 e. The molecule has 1 aliphatic rings. The average Bonchev–Trinajstić information content (AvgIpc) is 3.52. The molecule has 2 heterocycles. The van der Waals surface area contributed by atoms with Crippen LogP contribution in [0.25, 0.3) is 22.2 Å². The van der Waals surface area contributed by atoms with E-state index in [4.69, 9.17) is 14.2 Å². The van der Waals surface area contributed by atoms with Crippen LogP contribution in [0.3, 0.4) is 0 Å². The van der Waals surface area contributed by atoms with E-state index in [0.29, 0.717) is 24.5 Å². The van der Waals surface area contributed by atoms with Crippen LogP contribution in [0.2, 0.25) is 0 Å². The number of nitrogens with one attached hydrogen (secondary N) is 2. The maximum absolute atomic E-state index is 12.3. The lowest BCUT2D eigenvalue weighted by atomic mass is 10.1. The highest BCUT2D eigenvalue weighted by molar-refractivity contribution is 5.94. The van der Waals surface area contributed by atoms with E-state index in [2.05, 4.69) is 16.4 Å². The highest BCUT2D eigenvalue weighted by Crippen LogP contribution is 2.33. The first-order chi connectivity index (χ1) is 17.1. The quantitative estimate of drug-likeness (QED) is 0.353. The van der Waals surface area contributed by atoms with Crippen molar-refractivity contribution in [3.05, 3.63) is 83.9 Å². The molecule has 1 fully saturated rings. The number of hydrogen-bond acceptors (Lipinski definition) is 5. The van der Waals surface area contributed by atoms with Crippen LogP contribution >= 0.6 is 0 Å². The molecule has 1 aliphatic heterocycles. The monoisotopic (exact) mass is 467 g/mol. The molecule has 2 atom stereocenters. The summed E-state index contributed by atoms with van der Waals surface area (Å²) in [5, 5.41) is 13.4. The summed E-state index contributed by atoms with van der Waals surface area (Å²) in [5.74, 6) is 0.744. The van der Waals surface area contributed by atoms with Crippen molar-refractivity contribution in [2.45, 2.75) is 25.6 Å². The lowest BCUT2D eigenvalue weighted by molar-refractivity contribution is 0.121. The second-order valence-corrected chi connectivity index (χ2v) is 8.46. The molecule has 1 amide bonds. The maximum atomic E-state index is 12.3. The van der Waals surface area contributed by atoms with Gasteiger partial charge in [-0.25, -0.2) is 4.79 Å². The summed E-state index contributed by atoms with van der Waals surface area (Å²) in [4.78, 5) is 15.7. The summed E-state index contributed by atoms with van der Waals surface area (Å²) in [6.45, 7) is 3.14. The van der Waals surface area contributed by atoms with Crippen molar-refractivity contribution in [3.63, 3.8) is 0 Å². The lowest BCUT2D eigenvalue weighted by Crippen LogP contribution is -2.15. The fourth-order valence-electron chi connectivity index (χ4n) is 4.20. The van der Waals surface area contributed by atoms with Gasteiger partial charge in [0, 0.05) is 23.6 Å². The minimum absolute atomic E-state index is 0.0553. The molecule has 4 aromatic rings.